The Kier molecular flexibility index (Phi) is 4.61. The smallest absolute Gasteiger partial charge is 0.404 e. The number of carbonyl (C=O) groups excluding carboxylic acids is 1. The molecule has 0 saturated carbocycles. The summed E-state index contributed by atoms with van der Waals surface area (Å²) in [6, 6.07) is 8.80. The van der Waals surface area contributed by atoms with Crippen LogP contribution in [0.3, 0.4) is 0 Å². The molecule has 2 aromatic heterocycles. The number of alkyl halides is 3. The average molecular weight is 445 g/mol. The first-order valence-corrected chi connectivity index (χ1v) is 10.1. The lowest BCUT2D eigenvalue weighted by molar-refractivity contribution is -0.274. The quantitative estimate of drug-likeness (QED) is 0.658. The number of fused-ring (bicyclic) bond motifs is 5. The molecule has 1 amide bonds. The molecule has 10 heteroatoms. The summed E-state index contributed by atoms with van der Waals surface area (Å²) in [6.07, 6.45) is -2.93. The SMILES string of the molecule is O=C(c1c[nH]c2c(OC(F)(F)F)cccc2c1=O)N1CC2CC(C1)c1cccc(=O)n1C2. The monoisotopic (exact) mass is 445 g/mol. The van der Waals surface area contributed by atoms with E-state index in [-0.39, 0.29) is 33.9 Å². The number of benzene rings is 1. The van der Waals surface area contributed by atoms with E-state index in [2.05, 4.69) is 9.72 Å². The van der Waals surface area contributed by atoms with E-state index in [1.807, 2.05) is 6.07 Å². The summed E-state index contributed by atoms with van der Waals surface area (Å²) in [5.74, 6) is -0.972. The van der Waals surface area contributed by atoms with Crippen molar-refractivity contribution in [3.05, 3.63) is 74.4 Å². The fraction of sp³-hybridized carbons (Fsp3) is 0.318. The highest BCUT2D eigenvalue weighted by Gasteiger charge is 2.37. The first-order valence-electron chi connectivity index (χ1n) is 10.1. The second kappa shape index (κ2) is 7.25. The normalized spacial score (nSPS) is 20.2. The molecule has 2 aliphatic heterocycles. The number of pyridine rings is 2. The zero-order valence-electron chi connectivity index (χ0n) is 16.7. The van der Waals surface area contributed by atoms with E-state index in [1.54, 1.807) is 15.5 Å². The average Bonchev–Trinajstić information content (AvgIpc) is 2.74. The summed E-state index contributed by atoms with van der Waals surface area (Å²) in [6.45, 7) is 1.25. The largest absolute Gasteiger partial charge is 0.573 e. The molecule has 3 aromatic rings. The minimum absolute atomic E-state index is 0.0216. The molecular formula is C22H18F3N3O4. The Labute approximate surface area is 179 Å². The third-order valence-electron chi connectivity index (χ3n) is 6.10. The van der Waals surface area contributed by atoms with Gasteiger partial charge in [-0.25, -0.2) is 0 Å². The summed E-state index contributed by atoms with van der Waals surface area (Å²) >= 11 is 0. The molecule has 2 unspecified atom stereocenters. The molecule has 2 bridgehead atoms. The van der Waals surface area contributed by atoms with Crippen LogP contribution in [-0.4, -0.2) is 39.8 Å². The highest BCUT2D eigenvalue weighted by atomic mass is 19.4. The van der Waals surface area contributed by atoms with Crippen LogP contribution in [0.15, 0.2) is 52.2 Å². The van der Waals surface area contributed by atoms with Gasteiger partial charge in [-0.3, -0.25) is 14.4 Å². The van der Waals surface area contributed by atoms with Crippen LogP contribution in [0.4, 0.5) is 13.2 Å². The van der Waals surface area contributed by atoms with Gasteiger partial charge in [0.25, 0.3) is 11.5 Å². The lowest BCUT2D eigenvalue weighted by Crippen LogP contribution is -2.49. The molecule has 166 valence electrons. The van der Waals surface area contributed by atoms with Gasteiger partial charge in [-0.15, -0.1) is 13.2 Å². The Hall–Kier alpha value is -3.56. The maximum Gasteiger partial charge on any atom is 0.573 e. The minimum atomic E-state index is -4.91. The van der Waals surface area contributed by atoms with Crippen LogP contribution in [0.2, 0.25) is 0 Å². The van der Waals surface area contributed by atoms with Crippen LogP contribution in [-0.2, 0) is 6.54 Å². The molecule has 7 nitrogen and oxygen atoms in total. The van der Waals surface area contributed by atoms with Crippen LogP contribution in [0.5, 0.6) is 5.75 Å². The van der Waals surface area contributed by atoms with Crippen LogP contribution in [0.1, 0.15) is 28.4 Å². The summed E-state index contributed by atoms with van der Waals surface area (Å²) in [4.78, 5) is 42.6. The van der Waals surface area contributed by atoms with Crippen molar-refractivity contribution < 1.29 is 22.7 Å². The highest BCUT2D eigenvalue weighted by Crippen LogP contribution is 2.35. The maximum absolute atomic E-state index is 13.2. The molecule has 1 N–H and O–H groups in total. The molecule has 4 heterocycles. The molecule has 5 rings (SSSR count). The Balaban J connectivity index is 1.48. The van der Waals surface area contributed by atoms with Crippen molar-refractivity contribution in [2.24, 2.45) is 5.92 Å². The number of aromatic amines is 1. The van der Waals surface area contributed by atoms with E-state index in [0.29, 0.717) is 19.6 Å². The van der Waals surface area contributed by atoms with Gasteiger partial charge in [-0.1, -0.05) is 12.1 Å². The summed E-state index contributed by atoms with van der Waals surface area (Å²) in [7, 11) is 0. The van der Waals surface area contributed by atoms with Crippen molar-refractivity contribution in [2.45, 2.75) is 25.2 Å². The van der Waals surface area contributed by atoms with E-state index >= 15 is 0 Å². The molecular weight excluding hydrogens is 427 g/mol. The second-order valence-electron chi connectivity index (χ2n) is 8.17. The van der Waals surface area contributed by atoms with Crippen LogP contribution >= 0.6 is 0 Å². The number of hydrogen-bond acceptors (Lipinski definition) is 4. The van der Waals surface area contributed by atoms with Crippen molar-refractivity contribution in [3.8, 4) is 5.75 Å². The zero-order valence-corrected chi connectivity index (χ0v) is 16.7. The number of likely N-dealkylation sites (tertiary alicyclic amines) is 1. The van der Waals surface area contributed by atoms with Gasteiger partial charge in [-0.05, 0) is 30.5 Å². The van der Waals surface area contributed by atoms with Crippen molar-refractivity contribution in [2.75, 3.05) is 13.1 Å². The number of carbonyl (C=O) groups is 1. The topological polar surface area (TPSA) is 84.4 Å². The van der Waals surface area contributed by atoms with Crippen molar-refractivity contribution in [1.29, 1.82) is 0 Å². The van der Waals surface area contributed by atoms with Gasteiger partial charge in [0.1, 0.15) is 5.56 Å². The number of nitrogens with zero attached hydrogens (tertiary/aromatic N) is 2. The molecule has 1 aromatic carbocycles. The van der Waals surface area contributed by atoms with E-state index in [4.69, 9.17) is 0 Å². The van der Waals surface area contributed by atoms with Gasteiger partial charge in [0, 0.05) is 43.5 Å². The first kappa shape index (κ1) is 20.3. The van der Waals surface area contributed by atoms with Gasteiger partial charge in [0.2, 0.25) is 5.43 Å². The Morgan fingerprint density at radius 2 is 1.84 bits per heavy atom. The summed E-state index contributed by atoms with van der Waals surface area (Å²) in [5.41, 5.74) is -0.140. The van der Waals surface area contributed by atoms with Crippen LogP contribution in [0, 0.1) is 5.92 Å². The fourth-order valence-corrected chi connectivity index (χ4v) is 4.83. The molecule has 2 aliphatic rings. The third kappa shape index (κ3) is 3.45. The standard InChI is InChI=1S/C22H18F3N3O4/c23-22(24,25)32-17-5-1-3-14-19(17)26-8-15(20(14)30)21(31)27-9-12-7-13(11-27)16-4-2-6-18(29)28(16)10-12/h1-6,8,12-13H,7,9-11H2,(H,26,30). The van der Waals surface area contributed by atoms with Gasteiger partial charge in [-0.2, -0.15) is 0 Å². The van der Waals surface area contributed by atoms with Crippen LogP contribution in [0.25, 0.3) is 10.9 Å². The molecule has 1 fully saturated rings. The number of H-pyrrole nitrogens is 1. The van der Waals surface area contributed by atoms with Crippen molar-refractivity contribution in [3.63, 3.8) is 0 Å². The van der Waals surface area contributed by atoms with Crippen LogP contribution < -0.4 is 15.7 Å². The van der Waals surface area contributed by atoms with Crippen molar-refractivity contribution >= 4 is 16.8 Å². The lowest BCUT2D eigenvalue weighted by atomic mass is 9.83. The van der Waals surface area contributed by atoms with E-state index < -0.39 is 23.4 Å². The van der Waals surface area contributed by atoms with Crippen molar-refractivity contribution in [1.82, 2.24) is 14.5 Å². The maximum atomic E-state index is 13.2. The number of para-hydroxylation sites is 1. The number of aromatic nitrogens is 2. The number of nitrogens with one attached hydrogen (secondary N) is 1. The van der Waals surface area contributed by atoms with Gasteiger partial charge in [0.05, 0.1) is 10.9 Å². The first-order chi connectivity index (χ1) is 15.2. The fourth-order valence-electron chi connectivity index (χ4n) is 4.83. The number of amides is 1. The number of rotatable bonds is 2. The summed E-state index contributed by atoms with van der Waals surface area (Å²) in [5, 5.41) is -0.0632. The predicted octanol–water partition coefficient (Wildman–Crippen LogP) is 2.85. The van der Waals surface area contributed by atoms with Gasteiger partial charge >= 0.3 is 6.36 Å². The van der Waals surface area contributed by atoms with E-state index in [0.717, 1.165) is 24.4 Å². The molecule has 2 atom stereocenters. The number of halogens is 3. The van der Waals surface area contributed by atoms with Gasteiger partial charge in [0.15, 0.2) is 5.75 Å². The molecule has 32 heavy (non-hydrogen) atoms. The predicted molar refractivity (Wildman–Crippen MR) is 109 cm³/mol. The molecule has 1 saturated heterocycles. The third-order valence-corrected chi connectivity index (χ3v) is 6.10. The Morgan fingerprint density at radius 1 is 1.06 bits per heavy atom. The Morgan fingerprint density at radius 3 is 2.62 bits per heavy atom. The highest BCUT2D eigenvalue weighted by molar-refractivity contribution is 5.98. The van der Waals surface area contributed by atoms with Gasteiger partial charge < -0.3 is 19.2 Å². The minimum Gasteiger partial charge on any atom is -0.404 e. The molecule has 0 aliphatic carbocycles. The van der Waals surface area contributed by atoms with E-state index in [9.17, 15) is 27.6 Å². The number of hydrogen-bond donors (Lipinski definition) is 1. The Bertz CT molecular complexity index is 1340. The second-order valence-corrected chi connectivity index (χ2v) is 8.17. The molecule has 0 spiro atoms. The van der Waals surface area contributed by atoms with E-state index in [1.165, 1.54) is 18.2 Å². The summed E-state index contributed by atoms with van der Waals surface area (Å²) < 4.78 is 43.7. The number of ether oxygens (including phenoxy) is 1. The lowest BCUT2D eigenvalue weighted by Gasteiger charge is -2.42. The number of piperidine rings is 1. The zero-order chi connectivity index (χ0) is 22.6. The molecule has 0 radical (unpaired) electrons.